The Hall–Kier alpha value is -1.42. The van der Waals surface area contributed by atoms with Crippen molar-refractivity contribution in [2.75, 3.05) is 39.4 Å². The molecule has 2 saturated heterocycles. The summed E-state index contributed by atoms with van der Waals surface area (Å²) < 4.78 is 36.7. The number of carbonyl (C=O) groups excluding carboxylic acids is 1. The Balaban J connectivity index is 1.68. The predicted molar refractivity (Wildman–Crippen MR) is 81.6 cm³/mol. The molecule has 0 spiro atoms. The molecule has 0 bridgehead atoms. The Morgan fingerprint density at radius 2 is 2.09 bits per heavy atom. The van der Waals surface area contributed by atoms with E-state index in [2.05, 4.69) is 10.6 Å². The number of nitrogens with one attached hydrogen (secondary N) is 2. The summed E-state index contributed by atoms with van der Waals surface area (Å²) in [5, 5.41) is 5.86. The molecule has 23 heavy (non-hydrogen) atoms. The SMILES string of the molecule is O=C(NC1CCCNC1)c1ccc(S(=O)(=O)N2CCOCC2)o1. The first-order valence-corrected chi connectivity index (χ1v) is 9.21. The molecule has 1 aromatic rings. The first kappa shape index (κ1) is 16.4. The lowest BCUT2D eigenvalue weighted by Gasteiger charge is -2.24. The Morgan fingerprint density at radius 3 is 2.78 bits per heavy atom. The molecule has 8 nitrogen and oxygen atoms in total. The van der Waals surface area contributed by atoms with Crippen LogP contribution in [0.4, 0.5) is 0 Å². The molecule has 1 aromatic heterocycles. The normalized spacial score (nSPS) is 23.6. The van der Waals surface area contributed by atoms with Gasteiger partial charge < -0.3 is 19.8 Å². The molecule has 0 saturated carbocycles. The summed E-state index contributed by atoms with van der Waals surface area (Å²) in [7, 11) is -3.71. The number of furan rings is 1. The maximum atomic E-state index is 12.4. The molecule has 1 amide bonds. The number of piperidine rings is 1. The molecule has 128 valence electrons. The lowest BCUT2D eigenvalue weighted by Crippen LogP contribution is -2.45. The minimum atomic E-state index is -3.71. The van der Waals surface area contributed by atoms with Gasteiger partial charge in [-0.15, -0.1) is 0 Å². The highest BCUT2D eigenvalue weighted by molar-refractivity contribution is 7.89. The Kier molecular flexibility index (Phi) is 5.00. The molecule has 0 aromatic carbocycles. The van der Waals surface area contributed by atoms with Crippen LogP contribution in [0.15, 0.2) is 21.6 Å². The van der Waals surface area contributed by atoms with Crippen LogP contribution in [0.25, 0.3) is 0 Å². The van der Waals surface area contributed by atoms with Gasteiger partial charge in [0, 0.05) is 25.7 Å². The van der Waals surface area contributed by atoms with Crippen molar-refractivity contribution in [1.29, 1.82) is 0 Å². The van der Waals surface area contributed by atoms with Gasteiger partial charge in [-0.3, -0.25) is 4.79 Å². The number of rotatable bonds is 4. The van der Waals surface area contributed by atoms with E-state index in [9.17, 15) is 13.2 Å². The fourth-order valence-corrected chi connectivity index (χ4v) is 4.05. The molecular weight excluding hydrogens is 322 g/mol. The van der Waals surface area contributed by atoms with Gasteiger partial charge in [0.05, 0.1) is 13.2 Å². The molecule has 1 unspecified atom stereocenters. The van der Waals surface area contributed by atoms with Crippen molar-refractivity contribution >= 4 is 15.9 Å². The highest BCUT2D eigenvalue weighted by Gasteiger charge is 2.30. The molecule has 0 aliphatic carbocycles. The third kappa shape index (κ3) is 3.74. The number of hydrogen-bond acceptors (Lipinski definition) is 6. The van der Waals surface area contributed by atoms with E-state index in [1.807, 2.05) is 0 Å². The number of hydrogen-bond donors (Lipinski definition) is 2. The quantitative estimate of drug-likeness (QED) is 0.784. The van der Waals surface area contributed by atoms with Crippen LogP contribution >= 0.6 is 0 Å². The van der Waals surface area contributed by atoms with Crippen molar-refractivity contribution in [2.24, 2.45) is 0 Å². The molecule has 2 aliphatic rings. The Morgan fingerprint density at radius 1 is 1.30 bits per heavy atom. The summed E-state index contributed by atoms with van der Waals surface area (Å²) >= 11 is 0. The van der Waals surface area contributed by atoms with E-state index in [0.717, 1.165) is 19.4 Å². The zero-order valence-corrected chi connectivity index (χ0v) is 13.6. The summed E-state index contributed by atoms with van der Waals surface area (Å²) in [4.78, 5) is 12.2. The van der Waals surface area contributed by atoms with E-state index < -0.39 is 10.0 Å². The topological polar surface area (TPSA) is 101 Å². The number of carbonyl (C=O) groups is 1. The molecular formula is C14H21N3O5S. The average Bonchev–Trinajstić information content (AvgIpc) is 3.07. The molecule has 0 radical (unpaired) electrons. The number of ether oxygens (including phenoxy) is 1. The highest BCUT2D eigenvalue weighted by atomic mass is 32.2. The molecule has 9 heteroatoms. The number of morpholine rings is 1. The van der Waals surface area contributed by atoms with Crippen molar-refractivity contribution in [1.82, 2.24) is 14.9 Å². The first-order valence-electron chi connectivity index (χ1n) is 7.77. The van der Waals surface area contributed by atoms with E-state index in [1.54, 1.807) is 0 Å². The predicted octanol–water partition coefficient (Wildman–Crippen LogP) is -0.218. The number of nitrogens with zero attached hydrogens (tertiary/aromatic N) is 1. The molecule has 2 fully saturated rings. The van der Waals surface area contributed by atoms with Gasteiger partial charge >= 0.3 is 0 Å². The van der Waals surface area contributed by atoms with Crippen LogP contribution < -0.4 is 10.6 Å². The summed E-state index contributed by atoms with van der Waals surface area (Å²) in [6.07, 6.45) is 1.90. The van der Waals surface area contributed by atoms with Crippen LogP contribution in [0.5, 0.6) is 0 Å². The van der Waals surface area contributed by atoms with Crippen LogP contribution in [0.2, 0.25) is 0 Å². The van der Waals surface area contributed by atoms with Crippen LogP contribution in [-0.2, 0) is 14.8 Å². The van der Waals surface area contributed by atoms with E-state index >= 15 is 0 Å². The van der Waals surface area contributed by atoms with Gasteiger partial charge in [0.1, 0.15) is 0 Å². The van der Waals surface area contributed by atoms with Gasteiger partial charge in [0.2, 0.25) is 5.09 Å². The molecule has 1 atom stereocenters. The minimum absolute atomic E-state index is 0.0161. The van der Waals surface area contributed by atoms with Crippen molar-refractivity contribution in [3.8, 4) is 0 Å². The lowest BCUT2D eigenvalue weighted by atomic mass is 10.1. The third-order valence-electron chi connectivity index (χ3n) is 4.00. The molecule has 2 N–H and O–H groups in total. The van der Waals surface area contributed by atoms with Gasteiger partial charge in [0.25, 0.3) is 15.9 Å². The monoisotopic (exact) mass is 343 g/mol. The fraction of sp³-hybridized carbons (Fsp3) is 0.643. The molecule has 3 rings (SSSR count). The van der Waals surface area contributed by atoms with E-state index in [0.29, 0.717) is 19.8 Å². The summed E-state index contributed by atoms with van der Waals surface area (Å²) in [6, 6.07) is 2.78. The smallest absolute Gasteiger partial charge is 0.287 e. The van der Waals surface area contributed by atoms with E-state index in [-0.39, 0.29) is 35.9 Å². The van der Waals surface area contributed by atoms with Crippen molar-refractivity contribution in [3.63, 3.8) is 0 Å². The average molecular weight is 343 g/mol. The second-order valence-corrected chi connectivity index (χ2v) is 7.52. The van der Waals surface area contributed by atoms with E-state index in [1.165, 1.54) is 16.4 Å². The zero-order valence-electron chi connectivity index (χ0n) is 12.8. The standard InChI is InChI=1S/C14H21N3O5S/c18-14(16-11-2-1-5-15-10-11)12-3-4-13(22-12)23(19,20)17-6-8-21-9-7-17/h3-4,11,15H,1-2,5-10H2,(H,16,18). The number of amides is 1. The largest absolute Gasteiger partial charge is 0.438 e. The lowest BCUT2D eigenvalue weighted by molar-refractivity contribution is 0.0722. The van der Waals surface area contributed by atoms with Gasteiger partial charge in [-0.05, 0) is 31.5 Å². The van der Waals surface area contributed by atoms with Gasteiger partial charge in [-0.1, -0.05) is 0 Å². The van der Waals surface area contributed by atoms with Gasteiger partial charge in [-0.25, -0.2) is 8.42 Å². The third-order valence-corrected chi connectivity index (χ3v) is 5.77. The van der Waals surface area contributed by atoms with Crippen molar-refractivity contribution in [2.45, 2.75) is 24.0 Å². The van der Waals surface area contributed by atoms with Gasteiger partial charge in [0.15, 0.2) is 5.76 Å². The Bertz CT molecular complexity index is 645. The second kappa shape index (κ2) is 7.00. The fourth-order valence-electron chi connectivity index (χ4n) is 2.73. The van der Waals surface area contributed by atoms with Crippen LogP contribution in [0.3, 0.4) is 0 Å². The van der Waals surface area contributed by atoms with Crippen LogP contribution in [0.1, 0.15) is 23.4 Å². The second-order valence-electron chi connectivity index (χ2n) is 5.65. The minimum Gasteiger partial charge on any atom is -0.438 e. The van der Waals surface area contributed by atoms with Crippen molar-refractivity contribution in [3.05, 3.63) is 17.9 Å². The van der Waals surface area contributed by atoms with Crippen LogP contribution in [0, 0.1) is 0 Å². The summed E-state index contributed by atoms with van der Waals surface area (Å²) in [6.45, 7) is 2.97. The Labute approximate surface area is 135 Å². The van der Waals surface area contributed by atoms with Gasteiger partial charge in [-0.2, -0.15) is 4.31 Å². The summed E-state index contributed by atoms with van der Waals surface area (Å²) in [5.74, 6) is -0.371. The molecule has 3 heterocycles. The summed E-state index contributed by atoms with van der Waals surface area (Å²) in [5.41, 5.74) is 0. The van der Waals surface area contributed by atoms with E-state index in [4.69, 9.17) is 9.15 Å². The maximum absolute atomic E-state index is 12.4. The highest BCUT2D eigenvalue weighted by Crippen LogP contribution is 2.20. The first-order chi connectivity index (χ1) is 11.1. The zero-order chi connectivity index (χ0) is 16.3. The maximum Gasteiger partial charge on any atom is 0.287 e. The van der Waals surface area contributed by atoms with Crippen LogP contribution in [-0.4, -0.2) is 64.1 Å². The molecule has 2 aliphatic heterocycles. The van der Waals surface area contributed by atoms with Crippen molar-refractivity contribution < 1.29 is 22.4 Å². The number of sulfonamides is 1.